The Balaban J connectivity index is 1.42. The van der Waals surface area contributed by atoms with E-state index in [-0.39, 0.29) is 0 Å². The van der Waals surface area contributed by atoms with Gasteiger partial charge in [-0.25, -0.2) is 0 Å². The molecule has 3 aliphatic rings. The lowest BCUT2D eigenvalue weighted by Gasteiger charge is -2.48. The molecule has 3 fully saturated rings. The van der Waals surface area contributed by atoms with Gasteiger partial charge in [0.25, 0.3) is 0 Å². The zero-order chi connectivity index (χ0) is 12.5. The Kier molecular flexibility index (Phi) is 3.92. The van der Waals surface area contributed by atoms with Crippen LogP contribution >= 0.6 is 0 Å². The molecule has 3 rings (SSSR count). The first kappa shape index (κ1) is 12.9. The molecule has 0 aromatic rings. The monoisotopic (exact) mass is 251 g/mol. The largest absolute Gasteiger partial charge is 0.306 e. The Bertz CT molecular complexity index is 259. The second kappa shape index (κ2) is 5.48. The number of nitrogens with zero attached hydrogens (tertiary/aromatic N) is 3. The van der Waals surface area contributed by atoms with Crippen molar-refractivity contribution in [2.45, 2.75) is 44.7 Å². The fraction of sp³-hybridized carbons (Fsp3) is 1.00. The summed E-state index contributed by atoms with van der Waals surface area (Å²) in [6.45, 7) is 10.4. The molecule has 0 atom stereocenters. The van der Waals surface area contributed by atoms with E-state index in [9.17, 15) is 0 Å². The quantitative estimate of drug-likeness (QED) is 0.736. The summed E-state index contributed by atoms with van der Waals surface area (Å²) in [5.41, 5.74) is 0. The summed E-state index contributed by atoms with van der Waals surface area (Å²) >= 11 is 0. The molecular weight excluding hydrogens is 222 g/mol. The standard InChI is InChI=1S/C15H29N3/c1-13-11-18(12-13)15-5-9-17(10-6-15)14-3-7-16(2)8-4-14/h13-15H,3-12H2,1-2H3. The minimum absolute atomic E-state index is 0.887. The number of likely N-dealkylation sites (tertiary alicyclic amines) is 3. The SMILES string of the molecule is CC1CN(C2CCN(C3CCN(C)CC3)CC2)C1. The summed E-state index contributed by atoms with van der Waals surface area (Å²) in [6.07, 6.45) is 5.61. The summed E-state index contributed by atoms with van der Waals surface area (Å²) < 4.78 is 0. The summed E-state index contributed by atoms with van der Waals surface area (Å²) in [4.78, 5) is 7.98. The van der Waals surface area contributed by atoms with Crippen LogP contribution in [0, 0.1) is 5.92 Å². The summed E-state index contributed by atoms with van der Waals surface area (Å²) in [5.74, 6) is 0.955. The average Bonchev–Trinajstić information content (AvgIpc) is 2.36. The van der Waals surface area contributed by atoms with Crippen LogP contribution in [0.2, 0.25) is 0 Å². The lowest BCUT2D eigenvalue weighted by atomic mass is 9.93. The molecule has 3 saturated heterocycles. The van der Waals surface area contributed by atoms with Gasteiger partial charge in [0.2, 0.25) is 0 Å². The van der Waals surface area contributed by atoms with Gasteiger partial charge in [0.15, 0.2) is 0 Å². The molecule has 0 saturated carbocycles. The lowest BCUT2D eigenvalue weighted by molar-refractivity contribution is 0.0102. The first-order valence-electron chi connectivity index (χ1n) is 7.89. The van der Waals surface area contributed by atoms with Crippen molar-refractivity contribution >= 4 is 0 Å². The molecule has 0 bridgehead atoms. The molecule has 3 aliphatic heterocycles. The molecule has 0 spiro atoms. The van der Waals surface area contributed by atoms with E-state index in [1.807, 2.05) is 0 Å². The van der Waals surface area contributed by atoms with E-state index >= 15 is 0 Å². The summed E-state index contributed by atoms with van der Waals surface area (Å²) in [7, 11) is 2.26. The highest BCUT2D eigenvalue weighted by Crippen LogP contribution is 2.27. The molecule has 3 nitrogen and oxygen atoms in total. The van der Waals surface area contributed by atoms with Crippen LogP contribution in [0.15, 0.2) is 0 Å². The third-order valence-corrected chi connectivity index (χ3v) is 5.31. The average molecular weight is 251 g/mol. The van der Waals surface area contributed by atoms with Crippen molar-refractivity contribution in [1.29, 1.82) is 0 Å². The molecule has 0 aromatic heterocycles. The lowest BCUT2D eigenvalue weighted by Crippen LogP contribution is -2.56. The topological polar surface area (TPSA) is 9.72 Å². The van der Waals surface area contributed by atoms with E-state index in [2.05, 4.69) is 28.7 Å². The molecule has 18 heavy (non-hydrogen) atoms. The second-order valence-corrected chi connectivity index (χ2v) is 6.86. The van der Waals surface area contributed by atoms with Crippen molar-refractivity contribution in [2.24, 2.45) is 5.92 Å². The summed E-state index contributed by atoms with van der Waals surface area (Å²) in [6, 6.07) is 1.79. The van der Waals surface area contributed by atoms with Gasteiger partial charge < -0.3 is 9.80 Å². The molecule has 0 amide bonds. The maximum Gasteiger partial charge on any atom is 0.0120 e. The van der Waals surface area contributed by atoms with Crippen molar-refractivity contribution < 1.29 is 0 Å². The van der Waals surface area contributed by atoms with Gasteiger partial charge in [-0.2, -0.15) is 0 Å². The van der Waals surface area contributed by atoms with E-state index < -0.39 is 0 Å². The van der Waals surface area contributed by atoms with Crippen LogP contribution < -0.4 is 0 Å². The minimum atomic E-state index is 0.887. The molecule has 0 aromatic carbocycles. The van der Waals surface area contributed by atoms with Crippen LogP contribution in [0.1, 0.15) is 32.6 Å². The van der Waals surface area contributed by atoms with Crippen LogP contribution in [-0.2, 0) is 0 Å². The molecule has 3 heterocycles. The first-order chi connectivity index (χ1) is 8.72. The highest BCUT2D eigenvalue weighted by atomic mass is 15.3. The normalized spacial score (nSPS) is 31.7. The Morgan fingerprint density at radius 3 is 1.78 bits per heavy atom. The van der Waals surface area contributed by atoms with Crippen molar-refractivity contribution in [3.05, 3.63) is 0 Å². The van der Waals surface area contributed by atoms with Gasteiger partial charge in [0.05, 0.1) is 0 Å². The highest BCUT2D eigenvalue weighted by molar-refractivity contribution is 4.89. The van der Waals surface area contributed by atoms with E-state index in [0.717, 1.165) is 18.0 Å². The smallest absolute Gasteiger partial charge is 0.0120 e. The van der Waals surface area contributed by atoms with E-state index in [0.29, 0.717) is 0 Å². The van der Waals surface area contributed by atoms with Gasteiger partial charge in [0, 0.05) is 25.2 Å². The van der Waals surface area contributed by atoms with Crippen LogP contribution in [0.4, 0.5) is 0 Å². The maximum atomic E-state index is 2.78. The van der Waals surface area contributed by atoms with Crippen molar-refractivity contribution in [2.75, 3.05) is 46.3 Å². The predicted octanol–water partition coefficient (Wildman–Crippen LogP) is 1.50. The van der Waals surface area contributed by atoms with Crippen LogP contribution in [0.5, 0.6) is 0 Å². The number of hydrogen-bond acceptors (Lipinski definition) is 3. The molecule has 104 valence electrons. The van der Waals surface area contributed by atoms with Gasteiger partial charge in [-0.05, 0) is 64.8 Å². The molecular formula is C15H29N3. The van der Waals surface area contributed by atoms with E-state index in [1.54, 1.807) is 0 Å². The zero-order valence-electron chi connectivity index (χ0n) is 12.1. The van der Waals surface area contributed by atoms with Gasteiger partial charge >= 0.3 is 0 Å². The highest BCUT2D eigenvalue weighted by Gasteiger charge is 2.33. The molecule has 3 heteroatoms. The minimum Gasteiger partial charge on any atom is -0.306 e. The second-order valence-electron chi connectivity index (χ2n) is 6.86. The van der Waals surface area contributed by atoms with Gasteiger partial charge in [-0.1, -0.05) is 6.92 Å². The van der Waals surface area contributed by atoms with Crippen molar-refractivity contribution in [1.82, 2.24) is 14.7 Å². The fourth-order valence-corrected chi connectivity index (χ4v) is 4.02. The Morgan fingerprint density at radius 2 is 1.22 bits per heavy atom. The van der Waals surface area contributed by atoms with Crippen LogP contribution in [0.25, 0.3) is 0 Å². The van der Waals surface area contributed by atoms with Crippen molar-refractivity contribution in [3.8, 4) is 0 Å². The molecule has 0 unspecified atom stereocenters. The van der Waals surface area contributed by atoms with E-state index in [1.165, 1.54) is 65.0 Å². The Labute approximate surface area is 112 Å². The molecule has 0 radical (unpaired) electrons. The van der Waals surface area contributed by atoms with Gasteiger partial charge in [0.1, 0.15) is 0 Å². The predicted molar refractivity (Wildman–Crippen MR) is 75.9 cm³/mol. The number of piperidine rings is 2. The van der Waals surface area contributed by atoms with Crippen LogP contribution in [-0.4, -0.2) is 73.1 Å². The molecule has 0 N–H and O–H groups in total. The molecule has 0 aliphatic carbocycles. The van der Waals surface area contributed by atoms with Gasteiger partial charge in [-0.3, -0.25) is 4.90 Å². The number of hydrogen-bond donors (Lipinski definition) is 0. The summed E-state index contributed by atoms with van der Waals surface area (Å²) in [5, 5.41) is 0. The Hall–Kier alpha value is -0.120. The van der Waals surface area contributed by atoms with Crippen LogP contribution in [0.3, 0.4) is 0 Å². The fourth-order valence-electron chi connectivity index (χ4n) is 4.02. The third-order valence-electron chi connectivity index (χ3n) is 5.31. The third kappa shape index (κ3) is 2.73. The number of rotatable bonds is 2. The van der Waals surface area contributed by atoms with Gasteiger partial charge in [-0.15, -0.1) is 0 Å². The first-order valence-corrected chi connectivity index (χ1v) is 7.89. The van der Waals surface area contributed by atoms with Crippen molar-refractivity contribution in [3.63, 3.8) is 0 Å². The zero-order valence-corrected chi connectivity index (χ0v) is 12.1. The maximum absolute atomic E-state index is 2.78. The van der Waals surface area contributed by atoms with E-state index in [4.69, 9.17) is 0 Å². The Morgan fingerprint density at radius 1 is 0.722 bits per heavy atom.